The van der Waals surface area contributed by atoms with Gasteiger partial charge in [-0.05, 0) is 61.2 Å². The van der Waals surface area contributed by atoms with Crippen molar-refractivity contribution in [2.24, 2.45) is 5.92 Å². The monoisotopic (exact) mass is 399 g/mol. The lowest BCUT2D eigenvalue weighted by atomic mass is 9.84. The number of alkyl halides is 3. The van der Waals surface area contributed by atoms with E-state index in [-0.39, 0.29) is 27.8 Å². The summed E-state index contributed by atoms with van der Waals surface area (Å²) in [6.07, 6.45) is 2.24. The van der Waals surface area contributed by atoms with Crippen molar-refractivity contribution in [2.75, 3.05) is 0 Å². The lowest BCUT2D eigenvalue weighted by molar-refractivity contribution is -0.274. The topological polar surface area (TPSA) is 46.6 Å². The van der Waals surface area contributed by atoms with Crippen molar-refractivity contribution in [1.82, 2.24) is 4.90 Å². The fraction of sp³-hybridized carbons (Fsp3) is 0.474. The molecule has 1 aromatic rings. The quantitative estimate of drug-likeness (QED) is 0.619. The van der Waals surface area contributed by atoms with Crippen LogP contribution in [-0.4, -0.2) is 28.5 Å². The maximum absolute atomic E-state index is 12.7. The van der Waals surface area contributed by atoms with Gasteiger partial charge in [0, 0.05) is 6.04 Å². The van der Waals surface area contributed by atoms with Crippen LogP contribution in [-0.2, 0) is 4.79 Å². The van der Waals surface area contributed by atoms with Crippen LogP contribution in [0.4, 0.5) is 18.0 Å². The first-order valence-electron chi connectivity index (χ1n) is 8.87. The van der Waals surface area contributed by atoms with E-state index in [4.69, 9.17) is 0 Å². The number of amides is 2. The molecule has 1 aliphatic heterocycles. The van der Waals surface area contributed by atoms with E-state index in [1.807, 2.05) is 6.92 Å². The van der Waals surface area contributed by atoms with Gasteiger partial charge in [-0.15, -0.1) is 13.2 Å². The van der Waals surface area contributed by atoms with Crippen LogP contribution in [0.2, 0.25) is 0 Å². The minimum Gasteiger partial charge on any atom is -0.406 e. The molecule has 2 aliphatic rings. The molecule has 0 aromatic heterocycles. The Morgan fingerprint density at radius 2 is 1.78 bits per heavy atom. The summed E-state index contributed by atoms with van der Waals surface area (Å²) in [4.78, 5) is 26.7. The Balaban J connectivity index is 1.72. The second-order valence-electron chi connectivity index (χ2n) is 6.81. The van der Waals surface area contributed by atoms with E-state index >= 15 is 0 Å². The highest BCUT2D eigenvalue weighted by atomic mass is 32.2. The van der Waals surface area contributed by atoms with Crippen LogP contribution in [0.3, 0.4) is 0 Å². The first-order valence-corrected chi connectivity index (χ1v) is 9.69. The normalized spacial score (nSPS) is 21.8. The Hall–Kier alpha value is -1.96. The third-order valence-electron chi connectivity index (χ3n) is 4.97. The van der Waals surface area contributed by atoms with E-state index in [2.05, 4.69) is 4.74 Å². The number of carbonyl (C=O) groups excluding carboxylic acids is 2. The molecular weight excluding hydrogens is 379 g/mol. The van der Waals surface area contributed by atoms with E-state index in [1.54, 1.807) is 0 Å². The van der Waals surface area contributed by atoms with Crippen molar-refractivity contribution in [3.63, 3.8) is 0 Å². The van der Waals surface area contributed by atoms with Gasteiger partial charge in [-0.1, -0.05) is 31.4 Å². The summed E-state index contributed by atoms with van der Waals surface area (Å²) in [6, 6.07) is 5.04. The fourth-order valence-electron chi connectivity index (χ4n) is 3.58. The van der Waals surface area contributed by atoms with Crippen molar-refractivity contribution in [3.8, 4) is 5.75 Å². The summed E-state index contributed by atoms with van der Waals surface area (Å²) in [5.74, 6) is -0.345. The molecule has 1 aliphatic carbocycles. The number of imide groups is 1. The fourth-order valence-corrected chi connectivity index (χ4v) is 4.49. The standard InChI is InChI=1S/C19H20F3NO3S/c1-12(14-5-3-2-4-6-14)23-17(24)16(27-18(23)25)11-13-7-9-15(10-8-13)26-19(20,21)22/h7-12,14H,2-6H2,1H3. The van der Waals surface area contributed by atoms with Gasteiger partial charge < -0.3 is 4.74 Å². The van der Waals surface area contributed by atoms with Crippen LogP contribution < -0.4 is 4.74 Å². The second kappa shape index (κ2) is 7.96. The molecule has 1 heterocycles. The molecule has 3 rings (SSSR count). The van der Waals surface area contributed by atoms with Gasteiger partial charge in [0.15, 0.2) is 0 Å². The third kappa shape index (κ3) is 4.86. The molecule has 4 nitrogen and oxygen atoms in total. The minimum absolute atomic E-state index is 0.147. The molecule has 2 amide bonds. The highest BCUT2D eigenvalue weighted by Crippen LogP contribution is 2.38. The van der Waals surface area contributed by atoms with Gasteiger partial charge in [0.2, 0.25) is 0 Å². The lowest BCUT2D eigenvalue weighted by Gasteiger charge is -2.32. The zero-order valence-electron chi connectivity index (χ0n) is 14.8. The van der Waals surface area contributed by atoms with E-state index in [0.717, 1.165) is 37.4 Å². The lowest BCUT2D eigenvalue weighted by Crippen LogP contribution is -2.42. The average molecular weight is 399 g/mol. The summed E-state index contributed by atoms with van der Waals surface area (Å²) in [5.41, 5.74) is 0.528. The number of nitrogens with zero attached hydrogens (tertiary/aromatic N) is 1. The SMILES string of the molecule is CC(C1CCCCC1)N1C(=O)SC(=Cc2ccc(OC(F)(F)F)cc2)C1=O. The molecule has 0 N–H and O–H groups in total. The number of thioether (sulfide) groups is 1. The number of ether oxygens (including phenoxy) is 1. The highest BCUT2D eigenvalue weighted by Gasteiger charge is 2.40. The van der Waals surface area contributed by atoms with Crippen LogP contribution in [0.25, 0.3) is 6.08 Å². The Labute approximate surface area is 159 Å². The number of benzene rings is 1. The smallest absolute Gasteiger partial charge is 0.406 e. The summed E-state index contributed by atoms with van der Waals surface area (Å²) >= 11 is 0.870. The molecule has 1 unspecified atom stereocenters. The predicted molar refractivity (Wildman–Crippen MR) is 97.0 cm³/mol. The van der Waals surface area contributed by atoms with E-state index in [1.165, 1.54) is 41.7 Å². The molecule has 1 saturated heterocycles. The van der Waals surface area contributed by atoms with Gasteiger partial charge in [-0.2, -0.15) is 0 Å². The Bertz CT molecular complexity index is 740. The molecule has 2 fully saturated rings. The summed E-state index contributed by atoms with van der Waals surface area (Å²) < 4.78 is 40.5. The van der Waals surface area contributed by atoms with Gasteiger partial charge in [0.25, 0.3) is 11.1 Å². The Kier molecular flexibility index (Phi) is 5.83. The van der Waals surface area contributed by atoms with Gasteiger partial charge in [-0.3, -0.25) is 14.5 Å². The summed E-state index contributed by atoms with van der Waals surface area (Å²) in [7, 11) is 0. The van der Waals surface area contributed by atoms with Crippen molar-refractivity contribution >= 4 is 29.0 Å². The third-order valence-corrected chi connectivity index (χ3v) is 5.86. The molecule has 1 aromatic carbocycles. The Morgan fingerprint density at radius 3 is 2.37 bits per heavy atom. The molecule has 0 bridgehead atoms. The zero-order valence-corrected chi connectivity index (χ0v) is 15.6. The molecule has 1 atom stereocenters. The predicted octanol–water partition coefficient (Wildman–Crippen LogP) is 5.59. The maximum atomic E-state index is 12.7. The Morgan fingerprint density at radius 1 is 1.15 bits per heavy atom. The highest BCUT2D eigenvalue weighted by molar-refractivity contribution is 8.18. The summed E-state index contributed by atoms with van der Waals surface area (Å²) in [6.45, 7) is 1.92. The maximum Gasteiger partial charge on any atom is 0.573 e. The molecular formula is C19H20F3NO3S. The van der Waals surface area contributed by atoms with Gasteiger partial charge >= 0.3 is 6.36 Å². The number of hydrogen-bond acceptors (Lipinski definition) is 4. The van der Waals surface area contributed by atoms with E-state index in [9.17, 15) is 22.8 Å². The van der Waals surface area contributed by atoms with Gasteiger partial charge in [0.1, 0.15) is 5.75 Å². The van der Waals surface area contributed by atoms with Crippen LogP contribution in [0.1, 0.15) is 44.6 Å². The van der Waals surface area contributed by atoms with Crippen molar-refractivity contribution in [1.29, 1.82) is 0 Å². The minimum atomic E-state index is -4.75. The number of halogens is 3. The van der Waals surface area contributed by atoms with Gasteiger partial charge in [0.05, 0.1) is 4.91 Å². The number of carbonyl (C=O) groups is 2. The van der Waals surface area contributed by atoms with Crippen LogP contribution in [0, 0.1) is 5.92 Å². The van der Waals surface area contributed by atoms with Crippen LogP contribution in [0.15, 0.2) is 29.2 Å². The largest absolute Gasteiger partial charge is 0.573 e. The van der Waals surface area contributed by atoms with E-state index in [0.29, 0.717) is 11.5 Å². The molecule has 146 valence electrons. The van der Waals surface area contributed by atoms with Crippen molar-refractivity contribution in [3.05, 3.63) is 34.7 Å². The van der Waals surface area contributed by atoms with E-state index < -0.39 is 6.36 Å². The second-order valence-corrected chi connectivity index (χ2v) is 7.80. The van der Waals surface area contributed by atoms with Crippen molar-refractivity contribution in [2.45, 2.75) is 51.4 Å². The first kappa shape index (κ1) is 19.8. The molecule has 1 saturated carbocycles. The molecule has 0 radical (unpaired) electrons. The first-order chi connectivity index (χ1) is 12.7. The molecule has 8 heteroatoms. The molecule has 0 spiro atoms. The number of hydrogen-bond donors (Lipinski definition) is 0. The van der Waals surface area contributed by atoms with Crippen LogP contribution >= 0.6 is 11.8 Å². The van der Waals surface area contributed by atoms with Gasteiger partial charge in [-0.25, -0.2) is 0 Å². The number of rotatable bonds is 4. The zero-order chi connectivity index (χ0) is 19.6. The summed E-state index contributed by atoms with van der Waals surface area (Å²) in [5, 5.41) is -0.290. The molecule has 27 heavy (non-hydrogen) atoms. The van der Waals surface area contributed by atoms with Crippen LogP contribution in [0.5, 0.6) is 5.75 Å². The average Bonchev–Trinajstić information content (AvgIpc) is 2.89. The van der Waals surface area contributed by atoms with Crippen molar-refractivity contribution < 1.29 is 27.5 Å².